The quantitative estimate of drug-likeness (QED) is 0.849. The first-order valence-corrected chi connectivity index (χ1v) is 7.91. The highest BCUT2D eigenvalue weighted by molar-refractivity contribution is 5.29. The second-order valence-corrected chi connectivity index (χ2v) is 6.26. The van der Waals surface area contributed by atoms with E-state index in [1.807, 2.05) is 30.1 Å². The highest BCUT2D eigenvalue weighted by Crippen LogP contribution is 2.18. The zero-order chi connectivity index (χ0) is 16.1. The Hall–Kier alpha value is -1.81. The first-order valence-electron chi connectivity index (χ1n) is 7.91. The van der Waals surface area contributed by atoms with Crippen LogP contribution in [0.2, 0.25) is 0 Å². The third-order valence-electron chi connectivity index (χ3n) is 3.83. The van der Waals surface area contributed by atoms with Gasteiger partial charge >= 0.3 is 0 Å². The van der Waals surface area contributed by atoms with Crippen LogP contribution in [0.15, 0.2) is 30.5 Å². The van der Waals surface area contributed by atoms with Crippen molar-refractivity contribution in [2.45, 2.75) is 40.3 Å². The SMILES string of the molecule is Cc1c(C(C)NCc2cccc(OCC(C)C)c2)cnn1C. The summed E-state index contributed by atoms with van der Waals surface area (Å²) in [6, 6.07) is 8.57. The van der Waals surface area contributed by atoms with E-state index in [-0.39, 0.29) is 6.04 Å². The van der Waals surface area contributed by atoms with Gasteiger partial charge in [0.25, 0.3) is 0 Å². The van der Waals surface area contributed by atoms with Crippen LogP contribution in [0, 0.1) is 12.8 Å². The van der Waals surface area contributed by atoms with Crippen LogP contribution in [0.25, 0.3) is 0 Å². The van der Waals surface area contributed by atoms with E-state index in [4.69, 9.17) is 4.74 Å². The molecule has 0 saturated carbocycles. The summed E-state index contributed by atoms with van der Waals surface area (Å²) in [5.41, 5.74) is 3.68. The molecule has 0 fully saturated rings. The Balaban J connectivity index is 1.93. The minimum Gasteiger partial charge on any atom is -0.493 e. The zero-order valence-electron chi connectivity index (χ0n) is 14.3. The van der Waals surface area contributed by atoms with Crippen LogP contribution >= 0.6 is 0 Å². The van der Waals surface area contributed by atoms with E-state index >= 15 is 0 Å². The third-order valence-corrected chi connectivity index (χ3v) is 3.83. The topological polar surface area (TPSA) is 39.1 Å². The Morgan fingerprint density at radius 3 is 2.68 bits per heavy atom. The molecule has 2 rings (SSSR count). The van der Waals surface area contributed by atoms with Gasteiger partial charge in [0.05, 0.1) is 12.8 Å². The maximum absolute atomic E-state index is 5.78. The van der Waals surface area contributed by atoms with E-state index in [0.29, 0.717) is 5.92 Å². The van der Waals surface area contributed by atoms with Crippen molar-refractivity contribution in [3.63, 3.8) is 0 Å². The zero-order valence-corrected chi connectivity index (χ0v) is 14.3. The lowest BCUT2D eigenvalue weighted by Gasteiger charge is -2.15. The molecule has 1 heterocycles. The van der Waals surface area contributed by atoms with Crippen molar-refractivity contribution in [1.29, 1.82) is 0 Å². The standard InChI is InChI=1S/C18H27N3O/c1-13(2)12-22-17-8-6-7-16(9-17)10-19-14(3)18-11-20-21(5)15(18)4/h6-9,11,13-14,19H,10,12H2,1-5H3. The van der Waals surface area contributed by atoms with Gasteiger partial charge in [0.15, 0.2) is 0 Å². The van der Waals surface area contributed by atoms with Crippen LogP contribution in [-0.4, -0.2) is 16.4 Å². The number of benzene rings is 1. The Morgan fingerprint density at radius 1 is 1.27 bits per heavy atom. The van der Waals surface area contributed by atoms with Crippen LogP contribution in [0.1, 0.15) is 43.6 Å². The van der Waals surface area contributed by atoms with Crippen molar-refractivity contribution in [3.05, 3.63) is 47.3 Å². The van der Waals surface area contributed by atoms with Crippen molar-refractivity contribution in [1.82, 2.24) is 15.1 Å². The Bertz CT molecular complexity index is 604. The first-order chi connectivity index (χ1) is 10.5. The van der Waals surface area contributed by atoms with Crippen molar-refractivity contribution in [3.8, 4) is 5.75 Å². The maximum atomic E-state index is 5.78. The Kier molecular flexibility index (Phi) is 5.61. The number of hydrogen-bond acceptors (Lipinski definition) is 3. The molecule has 0 spiro atoms. The van der Waals surface area contributed by atoms with E-state index in [1.165, 1.54) is 16.8 Å². The Labute approximate surface area is 133 Å². The van der Waals surface area contributed by atoms with Gasteiger partial charge in [-0.05, 0) is 37.5 Å². The molecule has 1 aromatic carbocycles. The van der Waals surface area contributed by atoms with Crippen LogP contribution in [-0.2, 0) is 13.6 Å². The summed E-state index contributed by atoms with van der Waals surface area (Å²) in [6.07, 6.45) is 1.94. The molecule has 1 aromatic heterocycles. The summed E-state index contributed by atoms with van der Waals surface area (Å²) in [5, 5.41) is 7.86. The summed E-state index contributed by atoms with van der Waals surface area (Å²) in [5.74, 6) is 1.48. The molecule has 1 N–H and O–H groups in total. The molecule has 4 nitrogen and oxygen atoms in total. The molecule has 0 amide bonds. The van der Waals surface area contributed by atoms with Crippen LogP contribution in [0.3, 0.4) is 0 Å². The lowest BCUT2D eigenvalue weighted by atomic mass is 10.1. The van der Waals surface area contributed by atoms with Gasteiger partial charge in [0.1, 0.15) is 5.75 Å². The maximum Gasteiger partial charge on any atom is 0.119 e. The molecule has 2 aromatic rings. The van der Waals surface area contributed by atoms with Gasteiger partial charge in [-0.3, -0.25) is 4.68 Å². The van der Waals surface area contributed by atoms with E-state index in [2.05, 4.69) is 50.2 Å². The highest BCUT2D eigenvalue weighted by atomic mass is 16.5. The van der Waals surface area contributed by atoms with Crippen LogP contribution in [0.5, 0.6) is 5.75 Å². The molecule has 0 aliphatic heterocycles. The van der Waals surface area contributed by atoms with Crippen molar-refractivity contribution in [2.24, 2.45) is 13.0 Å². The minimum atomic E-state index is 0.272. The number of aromatic nitrogens is 2. The fourth-order valence-corrected chi connectivity index (χ4v) is 2.33. The Morgan fingerprint density at radius 2 is 2.05 bits per heavy atom. The second kappa shape index (κ2) is 7.45. The van der Waals surface area contributed by atoms with Gasteiger partial charge in [0, 0.05) is 30.9 Å². The van der Waals surface area contributed by atoms with E-state index in [1.54, 1.807) is 0 Å². The molecular weight excluding hydrogens is 274 g/mol. The minimum absolute atomic E-state index is 0.272. The van der Waals surface area contributed by atoms with Gasteiger partial charge in [-0.25, -0.2) is 0 Å². The number of aryl methyl sites for hydroxylation is 1. The van der Waals surface area contributed by atoms with Crippen LogP contribution < -0.4 is 10.1 Å². The number of nitrogens with one attached hydrogen (secondary N) is 1. The predicted molar refractivity (Wildman–Crippen MR) is 90.0 cm³/mol. The fraction of sp³-hybridized carbons (Fsp3) is 0.500. The van der Waals surface area contributed by atoms with Crippen molar-refractivity contribution in [2.75, 3.05) is 6.61 Å². The van der Waals surface area contributed by atoms with Crippen molar-refractivity contribution >= 4 is 0 Å². The van der Waals surface area contributed by atoms with Gasteiger partial charge in [-0.15, -0.1) is 0 Å². The molecule has 0 aliphatic rings. The smallest absolute Gasteiger partial charge is 0.119 e. The molecule has 1 atom stereocenters. The van der Waals surface area contributed by atoms with Gasteiger partial charge in [-0.2, -0.15) is 5.10 Å². The molecule has 22 heavy (non-hydrogen) atoms. The lowest BCUT2D eigenvalue weighted by molar-refractivity contribution is 0.271. The molecule has 0 bridgehead atoms. The lowest BCUT2D eigenvalue weighted by Crippen LogP contribution is -2.18. The molecular formula is C18H27N3O. The average molecular weight is 301 g/mol. The van der Waals surface area contributed by atoms with Crippen molar-refractivity contribution < 1.29 is 4.74 Å². The number of ether oxygens (including phenoxy) is 1. The summed E-state index contributed by atoms with van der Waals surface area (Å²) in [7, 11) is 1.97. The molecule has 0 saturated heterocycles. The largest absolute Gasteiger partial charge is 0.493 e. The molecule has 4 heteroatoms. The molecule has 1 unspecified atom stereocenters. The fourth-order valence-electron chi connectivity index (χ4n) is 2.33. The normalized spacial score (nSPS) is 12.6. The summed E-state index contributed by atoms with van der Waals surface area (Å²) < 4.78 is 7.69. The van der Waals surface area contributed by atoms with Crippen LogP contribution in [0.4, 0.5) is 0 Å². The summed E-state index contributed by atoms with van der Waals surface area (Å²) in [4.78, 5) is 0. The number of hydrogen-bond donors (Lipinski definition) is 1. The van der Waals surface area contributed by atoms with Gasteiger partial charge in [-0.1, -0.05) is 26.0 Å². The summed E-state index contributed by atoms with van der Waals surface area (Å²) >= 11 is 0. The molecule has 0 aliphatic carbocycles. The average Bonchev–Trinajstić information content (AvgIpc) is 2.83. The highest BCUT2D eigenvalue weighted by Gasteiger charge is 2.11. The molecule has 120 valence electrons. The monoisotopic (exact) mass is 301 g/mol. The molecule has 0 radical (unpaired) electrons. The van der Waals surface area contributed by atoms with Gasteiger partial charge < -0.3 is 10.1 Å². The number of nitrogens with zero attached hydrogens (tertiary/aromatic N) is 2. The first kappa shape index (κ1) is 16.6. The third kappa shape index (κ3) is 4.34. The predicted octanol–water partition coefficient (Wildman–Crippen LogP) is 3.61. The summed E-state index contributed by atoms with van der Waals surface area (Å²) in [6.45, 7) is 10.1. The van der Waals surface area contributed by atoms with Gasteiger partial charge in [0.2, 0.25) is 0 Å². The number of rotatable bonds is 7. The van der Waals surface area contributed by atoms with E-state index < -0.39 is 0 Å². The van der Waals surface area contributed by atoms with E-state index in [9.17, 15) is 0 Å². The second-order valence-electron chi connectivity index (χ2n) is 6.26. The van der Waals surface area contributed by atoms with E-state index in [0.717, 1.165) is 18.9 Å².